The van der Waals surface area contributed by atoms with E-state index in [0.29, 0.717) is 29.0 Å². The fourth-order valence-corrected chi connectivity index (χ4v) is 3.50. The lowest BCUT2D eigenvalue weighted by Gasteiger charge is -2.18. The van der Waals surface area contributed by atoms with E-state index in [4.69, 9.17) is 0 Å². The second-order valence-electron chi connectivity index (χ2n) is 7.87. The molecule has 4 rings (SSSR count). The highest BCUT2D eigenvalue weighted by Crippen LogP contribution is 2.21. The second kappa shape index (κ2) is 8.51. The summed E-state index contributed by atoms with van der Waals surface area (Å²) in [6.45, 7) is 6.23. The predicted octanol–water partition coefficient (Wildman–Crippen LogP) is 3.00. The van der Waals surface area contributed by atoms with Gasteiger partial charge in [0.1, 0.15) is 11.9 Å². The quantitative estimate of drug-likeness (QED) is 0.503. The van der Waals surface area contributed by atoms with Crippen LogP contribution in [0.4, 0.5) is 0 Å². The summed E-state index contributed by atoms with van der Waals surface area (Å²) in [5.41, 5.74) is 0.837. The van der Waals surface area contributed by atoms with E-state index in [9.17, 15) is 9.59 Å². The van der Waals surface area contributed by atoms with E-state index in [1.165, 1.54) is 4.68 Å². The third kappa shape index (κ3) is 4.23. The van der Waals surface area contributed by atoms with Crippen LogP contribution in [0.15, 0.2) is 59.4 Å². The highest BCUT2D eigenvalue weighted by Gasteiger charge is 2.24. The normalized spacial score (nSPS) is 12.3. The zero-order valence-corrected chi connectivity index (χ0v) is 17.7. The van der Waals surface area contributed by atoms with Crippen molar-refractivity contribution in [2.24, 2.45) is 5.92 Å². The van der Waals surface area contributed by atoms with Gasteiger partial charge in [0.05, 0.1) is 5.39 Å². The number of rotatable bonds is 6. The molecule has 0 aliphatic rings. The molecule has 0 bridgehead atoms. The van der Waals surface area contributed by atoms with Crippen LogP contribution in [0.25, 0.3) is 10.8 Å². The highest BCUT2D eigenvalue weighted by molar-refractivity contribution is 6.05. The Morgan fingerprint density at radius 1 is 1.06 bits per heavy atom. The van der Waals surface area contributed by atoms with E-state index in [1.54, 1.807) is 31.2 Å². The summed E-state index contributed by atoms with van der Waals surface area (Å²) in [4.78, 5) is 30.7. The fourth-order valence-electron chi connectivity index (χ4n) is 3.50. The standard InChI is InChI=1S/C23H24N6O2/c1-14(2)13-29-23(31)18-12-8-7-11-17(18)20(28-29)22(30)25-19(16-9-5-4-6-10-16)21-24-15(3)26-27-21/h4-12,14,19H,13H2,1-3H3,(H,25,30)(H,24,26,27)/t19-/m0/s1. The molecule has 31 heavy (non-hydrogen) atoms. The minimum absolute atomic E-state index is 0.198. The average molecular weight is 416 g/mol. The van der Waals surface area contributed by atoms with Crippen molar-refractivity contribution < 1.29 is 4.79 Å². The van der Waals surface area contributed by atoms with Crippen molar-refractivity contribution in [2.75, 3.05) is 0 Å². The van der Waals surface area contributed by atoms with Gasteiger partial charge in [0.25, 0.3) is 11.5 Å². The van der Waals surface area contributed by atoms with Crippen molar-refractivity contribution in [3.63, 3.8) is 0 Å². The Morgan fingerprint density at radius 2 is 1.74 bits per heavy atom. The minimum Gasteiger partial charge on any atom is -0.336 e. The van der Waals surface area contributed by atoms with Crippen LogP contribution in [-0.4, -0.2) is 30.9 Å². The number of nitrogens with zero attached hydrogens (tertiary/aromatic N) is 4. The molecule has 0 unspecified atom stereocenters. The molecule has 0 aliphatic carbocycles. The topological polar surface area (TPSA) is 106 Å². The number of carbonyl (C=O) groups is 1. The van der Waals surface area contributed by atoms with Crippen molar-refractivity contribution in [3.05, 3.63) is 87.9 Å². The number of aromatic nitrogens is 5. The van der Waals surface area contributed by atoms with Crippen molar-refractivity contribution in [2.45, 2.75) is 33.4 Å². The van der Waals surface area contributed by atoms with Crippen molar-refractivity contribution >= 4 is 16.7 Å². The monoisotopic (exact) mass is 416 g/mol. The van der Waals surface area contributed by atoms with Gasteiger partial charge in [-0.25, -0.2) is 9.67 Å². The van der Waals surface area contributed by atoms with E-state index in [0.717, 1.165) is 5.56 Å². The summed E-state index contributed by atoms with van der Waals surface area (Å²) in [6.07, 6.45) is 0. The highest BCUT2D eigenvalue weighted by atomic mass is 16.2. The Labute approximate surface area is 179 Å². The number of H-pyrrole nitrogens is 1. The first-order valence-corrected chi connectivity index (χ1v) is 10.2. The van der Waals surface area contributed by atoms with Gasteiger partial charge in [-0.05, 0) is 24.5 Å². The third-order valence-corrected chi connectivity index (χ3v) is 4.90. The van der Waals surface area contributed by atoms with Crippen molar-refractivity contribution in [1.82, 2.24) is 30.3 Å². The summed E-state index contributed by atoms with van der Waals surface area (Å²) in [5.74, 6) is 0.914. The van der Waals surface area contributed by atoms with Gasteiger partial charge in [-0.1, -0.05) is 62.4 Å². The zero-order valence-electron chi connectivity index (χ0n) is 17.7. The Balaban J connectivity index is 1.79. The molecule has 2 aromatic heterocycles. The van der Waals surface area contributed by atoms with Gasteiger partial charge in [-0.2, -0.15) is 10.2 Å². The van der Waals surface area contributed by atoms with Gasteiger partial charge < -0.3 is 5.32 Å². The molecule has 0 fully saturated rings. The molecule has 8 heteroatoms. The predicted molar refractivity (Wildman–Crippen MR) is 118 cm³/mol. The average Bonchev–Trinajstić information content (AvgIpc) is 3.20. The van der Waals surface area contributed by atoms with Gasteiger partial charge >= 0.3 is 0 Å². The van der Waals surface area contributed by atoms with Gasteiger partial charge in [0.2, 0.25) is 0 Å². The summed E-state index contributed by atoms with van der Waals surface area (Å²) < 4.78 is 1.37. The first-order valence-electron chi connectivity index (χ1n) is 10.2. The van der Waals surface area contributed by atoms with Crippen LogP contribution in [0.3, 0.4) is 0 Å². The van der Waals surface area contributed by atoms with E-state index < -0.39 is 11.9 Å². The largest absolute Gasteiger partial charge is 0.336 e. The Hall–Kier alpha value is -3.81. The first kappa shape index (κ1) is 20.5. The van der Waals surface area contributed by atoms with Crippen LogP contribution in [0.1, 0.15) is 47.6 Å². The number of hydrogen-bond acceptors (Lipinski definition) is 5. The van der Waals surface area contributed by atoms with E-state index in [1.807, 2.05) is 44.2 Å². The maximum atomic E-state index is 13.4. The van der Waals surface area contributed by atoms with Crippen LogP contribution >= 0.6 is 0 Å². The summed E-state index contributed by atoms with van der Waals surface area (Å²) in [6, 6.07) is 16.0. The van der Waals surface area contributed by atoms with Crippen molar-refractivity contribution in [1.29, 1.82) is 0 Å². The Morgan fingerprint density at radius 3 is 2.39 bits per heavy atom. The molecule has 8 nitrogen and oxygen atoms in total. The number of fused-ring (bicyclic) bond motifs is 1. The zero-order chi connectivity index (χ0) is 22.0. The lowest BCUT2D eigenvalue weighted by molar-refractivity contribution is 0.0935. The molecule has 0 saturated carbocycles. The van der Waals surface area contributed by atoms with Crippen LogP contribution in [0.2, 0.25) is 0 Å². The number of benzene rings is 2. The molecule has 0 radical (unpaired) electrons. The third-order valence-electron chi connectivity index (χ3n) is 4.90. The van der Waals surface area contributed by atoms with E-state index in [2.05, 4.69) is 25.6 Å². The second-order valence-corrected chi connectivity index (χ2v) is 7.87. The smallest absolute Gasteiger partial charge is 0.274 e. The number of amides is 1. The number of aromatic amines is 1. The molecular weight excluding hydrogens is 392 g/mol. The molecule has 158 valence electrons. The van der Waals surface area contributed by atoms with E-state index in [-0.39, 0.29) is 17.2 Å². The van der Waals surface area contributed by atoms with Gasteiger partial charge in [-0.3, -0.25) is 14.7 Å². The molecular formula is C23H24N6O2. The number of nitrogens with one attached hydrogen (secondary N) is 2. The molecule has 2 N–H and O–H groups in total. The van der Waals surface area contributed by atoms with Crippen molar-refractivity contribution in [3.8, 4) is 0 Å². The fraction of sp³-hybridized carbons (Fsp3) is 0.261. The number of carbonyl (C=O) groups excluding carboxylic acids is 1. The maximum absolute atomic E-state index is 13.4. The molecule has 4 aromatic rings. The van der Waals surface area contributed by atoms with Gasteiger partial charge in [0, 0.05) is 11.9 Å². The molecule has 2 heterocycles. The van der Waals surface area contributed by atoms with Gasteiger partial charge in [-0.15, -0.1) is 0 Å². The summed E-state index contributed by atoms with van der Waals surface area (Å²) >= 11 is 0. The molecule has 0 spiro atoms. The number of hydrogen-bond donors (Lipinski definition) is 2. The summed E-state index contributed by atoms with van der Waals surface area (Å²) in [5, 5.41) is 15.5. The molecule has 1 atom stereocenters. The Bertz CT molecular complexity index is 1280. The molecule has 2 aromatic carbocycles. The minimum atomic E-state index is -0.565. The van der Waals surface area contributed by atoms with Crippen LogP contribution in [0, 0.1) is 12.8 Å². The van der Waals surface area contributed by atoms with Gasteiger partial charge in [0.15, 0.2) is 11.5 Å². The maximum Gasteiger partial charge on any atom is 0.274 e. The van der Waals surface area contributed by atoms with Crippen LogP contribution < -0.4 is 10.9 Å². The van der Waals surface area contributed by atoms with Crippen LogP contribution in [0.5, 0.6) is 0 Å². The number of aryl methyl sites for hydroxylation is 1. The Kier molecular flexibility index (Phi) is 5.62. The summed E-state index contributed by atoms with van der Waals surface area (Å²) in [7, 11) is 0. The molecule has 0 saturated heterocycles. The molecule has 1 amide bonds. The SMILES string of the molecule is Cc1nc([C@@H](NC(=O)c2nn(CC(C)C)c(=O)c3ccccc23)c2ccccc2)n[nH]1. The van der Waals surface area contributed by atoms with E-state index >= 15 is 0 Å². The first-order chi connectivity index (χ1) is 14.9. The lowest BCUT2D eigenvalue weighted by Crippen LogP contribution is -2.34. The van der Waals surface area contributed by atoms with Crippen LogP contribution in [-0.2, 0) is 6.54 Å². The lowest BCUT2D eigenvalue weighted by atomic mass is 10.1. The molecule has 0 aliphatic heterocycles.